The number of hydrogen-bond acceptors (Lipinski definition) is 2. The Hall–Kier alpha value is -0.540. The number of nitrogens with two attached hydrogens (primary N) is 1. The molecular formula is C16H24BrNO. The van der Waals surface area contributed by atoms with E-state index in [9.17, 15) is 0 Å². The van der Waals surface area contributed by atoms with Crippen molar-refractivity contribution >= 4 is 15.9 Å². The van der Waals surface area contributed by atoms with Gasteiger partial charge in [-0.3, -0.25) is 0 Å². The predicted octanol–water partition coefficient (Wildman–Crippen LogP) is 4.30. The van der Waals surface area contributed by atoms with Crippen molar-refractivity contribution < 1.29 is 4.74 Å². The second-order valence-electron chi connectivity index (χ2n) is 6.70. The Balaban J connectivity index is 2.14. The standard InChI is InChI=1S/C16H24BrNO/c1-15(2)7-4-8-16(18,11-15)10-12-5-6-14(19-3)13(17)9-12/h5-6,9H,4,7-8,10-11,18H2,1-3H3. The first-order valence-corrected chi connectivity index (χ1v) is 7.74. The summed E-state index contributed by atoms with van der Waals surface area (Å²) in [5, 5.41) is 0. The molecule has 0 heterocycles. The lowest BCUT2D eigenvalue weighted by Gasteiger charge is -2.42. The first kappa shape index (κ1) is 14.9. The average molecular weight is 326 g/mol. The number of ether oxygens (including phenoxy) is 1. The fraction of sp³-hybridized carbons (Fsp3) is 0.625. The normalized spacial score (nSPS) is 26.2. The molecular weight excluding hydrogens is 302 g/mol. The van der Waals surface area contributed by atoms with Gasteiger partial charge in [0.2, 0.25) is 0 Å². The number of halogens is 1. The minimum Gasteiger partial charge on any atom is -0.496 e. The molecule has 1 atom stereocenters. The maximum atomic E-state index is 6.64. The molecule has 0 aromatic heterocycles. The summed E-state index contributed by atoms with van der Waals surface area (Å²) in [6.45, 7) is 4.66. The van der Waals surface area contributed by atoms with Gasteiger partial charge in [0.05, 0.1) is 11.6 Å². The summed E-state index contributed by atoms with van der Waals surface area (Å²) in [6, 6.07) is 6.27. The number of benzene rings is 1. The quantitative estimate of drug-likeness (QED) is 0.899. The van der Waals surface area contributed by atoms with Crippen molar-refractivity contribution in [3.05, 3.63) is 28.2 Å². The van der Waals surface area contributed by atoms with E-state index in [-0.39, 0.29) is 5.54 Å². The summed E-state index contributed by atoms with van der Waals surface area (Å²) in [7, 11) is 1.69. The van der Waals surface area contributed by atoms with Crippen LogP contribution in [0.2, 0.25) is 0 Å². The van der Waals surface area contributed by atoms with Crippen molar-refractivity contribution in [3.8, 4) is 5.75 Å². The second-order valence-corrected chi connectivity index (χ2v) is 7.56. The van der Waals surface area contributed by atoms with Gasteiger partial charge in [0.15, 0.2) is 0 Å². The van der Waals surface area contributed by atoms with Crippen LogP contribution >= 0.6 is 15.9 Å². The van der Waals surface area contributed by atoms with E-state index in [1.165, 1.54) is 18.4 Å². The Kier molecular flexibility index (Phi) is 4.26. The maximum Gasteiger partial charge on any atom is 0.133 e. The van der Waals surface area contributed by atoms with Crippen molar-refractivity contribution in [2.24, 2.45) is 11.1 Å². The summed E-state index contributed by atoms with van der Waals surface area (Å²) >= 11 is 3.55. The molecule has 106 valence electrons. The minimum atomic E-state index is -0.0597. The van der Waals surface area contributed by atoms with Crippen molar-refractivity contribution in [1.29, 1.82) is 0 Å². The van der Waals surface area contributed by atoms with Crippen molar-refractivity contribution in [2.45, 2.75) is 51.5 Å². The molecule has 1 saturated carbocycles. The Morgan fingerprint density at radius 3 is 2.63 bits per heavy atom. The van der Waals surface area contributed by atoms with Crippen LogP contribution in [0.15, 0.2) is 22.7 Å². The molecule has 2 N–H and O–H groups in total. The fourth-order valence-electron chi connectivity index (χ4n) is 3.43. The SMILES string of the molecule is COc1ccc(CC2(N)CCCC(C)(C)C2)cc1Br. The summed E-state index contributed by atoms with van der Waals surface area (Å²) < 4.78 is 6.28. The number of rotatable bonds is 3. The van der Waals surface area contributed by atoms with E-state index in [1.807, 2.05) is 6.07 Å². The monoisotopic (exact) mass is 325 g/mol. The van der Waals surface area contributed by atoms with Crippen LogP contribution in [0.3, 0.4) is 0 Å². The van der Waals surface area contributed by atoms with Crippen LogP contribution in [-0.4, -0.2) is 12.6 Å². The summed E-state index contributed by atoms with van der Waals surface area (Å²) in [6.07, 6.45) is 5.70. The number of methoxy groups -OCH3 is 1. The van der Waals surface area contributed by atoms with Crippen LogP contribution in [0.1, 0.15) is 45.1 Å². The van der Waals surface area contributed by atoms with E-state index >= 15 is 0 Å². The first-order valence-electron chi connectivity index (χ1n) is 6.95. The molecule has 0 bridgehead atoms. The van der Waals surface area contributed by atoms with Crippen LogP contribution in [0, 0.1) is 5.41 Å². The Bertz CT molecular complexity index is 458. The van der Waals surface area contributed by atoms with E-state index in [4.69, 9.17) is 10.5 Å². The van der Waals surface area contributed by atoms with Gasteiger partial charge in [-0.1, -0.05) is 26.3 Å². The molecule has 2 rings (SSSR count). The van der Waals surface area contributed by atoms with Gasteiger partial charge in [0.25, 0.3) is 0 Å². The maximum absolute atomic E-state index is 6.64. The van der Waals surface area contributed by atoms with E-state index < -0.39 is 0 Å². The van der Waals surface area contributed by atoms with Gasteiger partial charge >= 0.3 is 0 Å². The van der Waals surface area contributed by atoms with Crippen molar-refractivity contribution in [1.82, 2.24) is 0 Å². The lowest BCUT2D eigenvalue weighted by atomic mass is 9.66. The van der Waals surface area contributed by atoms with Crippen molar-refractivity contribution in [2.75, 3.05) is 7.11 Å². The molecule has 0 amide bonds. The van der Waals surface area contributed by atoms with E-state index in [0.717, 1.165) is 29.5 Å². The zero-order chi connectivity index (χ0) is 14.1. The summed E-state index contributed by atoms with van der Waals surface area (Å²) in [5.41, 5.74) is 8.24. The van der Waals surface area contributed by atoms with Crippen LogP contribution in [0.25, 0.3) is 0 Å². The largest absolute Gasteiger partial charge is 0.496 e. The van der Waals surface area contributed by atoms with Crippen LogP contribution in [0.5, 0.6) is 5.75 Å². The highest BCUT2D eigenvalue weighted by Gasteiger charge is 2.36. The molecule has 3 heteroatoms. The van der Waals surface area contributed by atoms with Crippen LogP contribution < -0.4 is 10.5 Å². The smallest absolute Gasteiger partial charge is 0.133 e. The molecule has 2 nitrogen and oxygen atoms in total. The van der Waals surface area contributed by atoms with Crippen molar-refractivity contribution in [3.63, 3.8) is 0 Å². The Morgan fingerprint density at radius 1 is 1.32 bits per heavy atom. The fourth-order valence-corrected chi connectivity index (χ4v) is 4.01. The predicted molar refractivity (Wildman–Crippen MR) is 83.6 cm³/mol. The lowest BCUT2D eigenvalue weighted by molar-refractivity contribution is 0.151. The second kappa shape index (κ2) is 5.45. The molecule has 1 aromatic rings. The molecule has 1 aromatic carbocycles. The minimum absolute atomic E-state index is 0.0597. The molecule has 1 unspecified atom stereocenters. The van der Waals surface area contributed by atoms with E-state index in [2.05, 4.69) is 41.9 Å². The van der Waals surface area contributed by atoms with Gasteiger partial charge in [0, 0.05) is 5.54 Å². The van der Waals surface area contributed by atoms with Gasteiger partial charge in [0.1, 0.15) is 5.75 Å². The van der Waals surface area contributed by atoms with Gasteiger partial charge in [-0.05, 0) is 64.7 Å². The van der Waals surface area contributed by atoms with E-state index in [1.54, 1.807) is 7.11 Å². The van der Waals surface area contributed by atoms with Gasteiger partial charge in [-0.25, -0.2) is 0 Å². The van der Waals surface area contributed by atoms with Gasteiger partial charge in [-0.15, -0.1) is 0 Å². The molecule has 1 aliphatic carbocycles. The molecule has 1 fully saturated rings. The molecule has 0 saturated heterocycles. The van der Waals surface area contributed by atoms with Gasteiger partial charge < -0.3 is 10.5 Å². The first-order chi connectivity index (χ1) is 8.84. The molecule has 0 radical (unpaired) electrons. The third kappa shape index (κ3) is 3.73. The third-order valence-corrected chi connectivity index (χ3v) is 4.75. The highest BCUT2D eigenvalue weighted by atomic mass is 79.9. The molecule has 1 aliphatic rings. The highest BCUT2D eigenvalue weighted by molar-refractivity contribution is 9.10. The highest BCUT2D eigenvalue weighted by Crippen LogP contribution is 2.41. The third-order valence-electron chi connectivity index (χ3n) is 4.13. The zero-order valence-corrected chi connectivity index (χ0v) is 13.7. The van der Waals surface area contributed by atoms with Crippen LogP contribution in [-0.2, 0) is 6.42 Å². The molecule has 0 aliphatic heterocycles. The zero-order valence-electron chi connectivity index (χ0n) is 12.1. The average Bonchev–Trinajstić information content (AvgIpc) is 2.26. The summed E-state index contributed by atoms with van der Waals surface area (Å²) in [4.78, 5) is 0. The lowest BCUT2D eigenvalue weighted by Crippen LogP contribution is -2.48. The summed E-state index contributed by atoms with van der Waals surface area (Å²) in [5.74, 6) is 0.874. The Labute approximate surface area is 124 Å². The molecule has 0 spiro atoms. The Morgan fingerprint density at radius 2 is 2.05 bits per heavy atom. The topological polar surface area (TPSA) is 35.2 Å². The molecule has 19 heavy (non-hydrogen) atoms. The van der Waals surface area contributed by atoms with Crippen LogP contribution in [0.4, 0.5) is 0 Å². The van der Waals surface area contributed by atoms with Gasteiger partial charge in [-0.2, -0.15) is 0 Å². The van der Waals surface area contributed by atoms with E-state index in [0.29, 0.717) is 5.41 Å². The number of hydrogen-bond donors (Lipinski definition) is 1.